The fourth-order valence-electron chi connectivity index (χ4n) is 4.47. The molecule has 10 heteroatoms. The van der Waals surface area contributed by atoms with Crippen molar-refractivity contribution in [2.75, 3.05) is 25.5 Å². The first-order valence-corrected chi connectivity index (χ1v) is 11.0. The van der Waals surface area contributed by atoms with E-state index in [9.17, 15) is 14.4 Å². The predicted molar refractivity (Wildman–Crippen MR) is 128 cm³/mol. The number of nitrogens with one attached hydrogen (secondary N) is 3. The van der Waals surface area contributed by atoms with Gasteiger partial charge in [0.15, 0.2) is 0 Å². The molecule has 0 radical (unpaired) electrons. The number of H-pyrrole nitrogens is 2. The largest absolute Gasteiger partial charge is 0.497 e. The summed E-state index contributed by atoms with van der Waals surface area (Å²) < 4.78 is 6.88. The zero-order valence-corrected chi connectivity index (χ0v) is 18.6. The predicted octanol–water partition coefficient (Wildman–Crippen LogP) is 2.57. The number of piperidine rings is 1. The summed E-state index contributed by atoms with van der Waals surface area (Å²) in [5.41, 5.74) is 2.49. The van der Waals surface area contributed by atoms with E-state index >= 15 is 0 Å². The number of hydrogen-bond acceptors (Lipinski definition) is 5. The number of carbonyl (C=O) groups is 2. The molecule has 4 heterocycles. The van der Waals surface area contributed by atoms with Crippen LogP contribution in [0.5, 0.6) is 5.75 Å². The van der Waals surface area contributed by atoms with E-state index in [1.165, 1.54) is 12.2 Å². The lowest BCUT2D eigenvalue weighted by molar-refractivity contribution is -0.127. The Balaban J connectivity index is 1.31. The maximum Gasteiger partial charge on any atom is 0.326 e. The average molecular weight is 460 g/mol. The molecule has 2 amide bonds. The summed E-state index contributed by atoms with van der Waals surface area (Å²) >= 11 is 0. The van der Waals surface area contributed by atoms with Crippen molar-refractivity contribution in [2.45, 2.75) is 18.9 Å². The van der Waals surface area contributed by atoms with Crippen molar-refractivity contribution in [1.82, 2.24) is 24.4 Å². The van der Waals surface area contributed by atoms with E-state index in [0.29, 0.717) is 35.7 Å². The molecule has 0 spiro atoms. The zero-order valence-electron chi connectivity index (χ0n) is 18.6. The van der Waals surface area contributed by atoms with Crippen LogP contribution in [0.4, 0.5) is 5.69 Å². The molecule has 1 fully saturated rings. The number of benzene rings is 1. The van der Waals surface area contributed by atoms with Gasteiger partial charge in [0.25, 0.3) is 0 Å². The molecule has 3 N–H and O–H groups in total. The third-order valence-corrected chi connectivity index (χ3v) is 6.05. The van der Waals surface area contributed by atoms with Gasteiger partial charge in [0.05, 0.1) is 30.4 Å². The van der Waals surface area contributed by atoms with Crippen molar-refractivity contribution in [3.8, 4) is 5.75 Å². The first kappa shape index (κ1) is 21.5. The Morgan fingerprint density at radius 1 is 1.26 bits per heavy atom. The fraction of sp³-hybridized carbons (Fsp3) is 0.250. The van der Waals surface area contributed by atoms with Gasteiger partial charge in [-0.05, 0) is 31.0 Å². The van der Waals surface area contributed by atoms with E-state index in [2.05, 4.69) is 20.3 Å². The number of ether oxygens (including phenoxy) is 1. The van der Waals surface area contributed by atoms with Gasteiger partial charge in [0.1, 0.15) is 11.4 Å². The third-order valence-electron chi connectivity index (χ3n) is 6.05. The topological polar surface area (TPSA) is 125 Å². The number of rotatable bonds is 5. The molecule has 0 saturated carbocycles. The summed E-state index contributed by atoms with van der Waals surface area (Å²) in [6.45, 7) is 0.942. The van der Waals surface area contributed by atoms with Gasteiger partial charge in [0, 0.05) is 48.6 Å². The number of hydrogen-bond donors (Lipinski definition) is 3. The Labute approximate surface area is 194 Å². The van der Waals surface area contributed by atoms with Gasteiger partial charge in [-0.1, -0.05) is 6.07 Å². The minimum Gasteiger partial charge on any atom is -0.497 e. The lowest BCUT2D eigenvalue weighted by atomic mass is 10.0. The summed E-state index contributed by atoms with van der Waals surface area (Å²) in [5, 5.41) is 3.57. The first-order chi connectivity index (χ1) is 16.5. The van der Waals surface area contributed by atoms with Gasteiger partial charge >= 0.3 is 5.69 Å². The second kappa shape index (κ2) is 8.89. The van der Waals surface area contributed by atoms with Crippen molar-refractivity contribution in [3.05, 3.63) is 65.4 Å². The Bertz CT molecular complexity index is 1460. The van der Waals surface area contributed by atoms with E-state index in [1.54, 1.807) is 53.2 Å². The number of imidazole rings is 1. The molecule has 1 aliphatic rings. The molecule has 0 aliphatic carbocycles. The van der Waals surface area contributed by atoms with E-state index in [0.717, 1.165) is 23.7 Å². The van der Waals surface area contributed by atoms with E-state index in [1.807, 2.05) is 6.07 Å². The number of likely N-dealkylation sites (tertiary alicyclic amines) is 1. The van der Waals surface area contributed by atoms with Crippen LogP contribution in [0.3, 0.4) is 0 Å². The van der Waals surface area contributed by atoms with Gasteiger partial charge in [-0.3, -0.25) is 14.2 Å². The summed E-state index contributed by atoms with van der Waals surface area (Å²) in [5.74, 6) is -0.0605. The van der Waals surface area contributed by atoms with Crippen LogP contribution in [0.25, 0.3) is 22.1 Å². The molecule has 1 saturated heterocycles. The quantitative estimate of drug-likeness (QED) is 0.395. The number of carbonyl (C=O) groups excluding carboxylic acids is 2. The number of fused-ring (bicyclic) bond motifs is 3. The molecular formula is C24H24N6O4. The highest BCUT2D eigenvalue weighted by Crippen LogP contribution is 2.28. The molecular weight excluding hydrogens is 436 g/mol. The number of aromatic amines is 2. The van der Waals surface area contributed by atoms with Crippen LogP contribution in [0.1, 0.15) is 18.9 Å². The number of amides is 2. The van der Waals surface area contributed by atoms with E-state index in [-0.39, 0.29) is 17.6 Å². The van der Waals surface area contributed by atoms with Crippen molar-refractivity contribution in [2.24, 2.45) is 0 Å². The standard InChI is InChI=1S/C24H24N6O4/c1-34-17-6-2-4-15(12-17)27-20(31)7-8-21(32)29-11-3-5-16(14-29)30-22-18-9-10-25-23(18)26-13-19(22)28-24(30)33/h2,4,6-10,12-13,16H,3,5,11,14H2,1H3,(H,25,26)(H,27,31)(H,28,33)/b8-7-/t16-/m1/s1. The van der Waals surface area contributed by atoms with Gasteiger partial charge in [0.2, 0.25) is 11.8 Å². The molecule has 1 atom stereocenters. The molecule has 1 aromatic carbocycles. The smallest absolute Gasteiger partial charge is 0.326 e. The fourth-order valence-corrected chi connectivity index (χ4v) is 4.47. The van der Waals surface area contributed by atoms with E-state index in [4.69, 9.17) is 4.74 Å². The number of nitrogens with zero attached hydrogens (tertiary/aromatic N) is 3. The van der Waals surface area contributed by atoms with Crippen molar-refractivity contribution in [1.29, 1.82) is 0 Å². The first-order valence-electron chi connectivity index (χ1n) is 11.0. The monoisotopic (exact) mass is 460 g/mol. The van der Waals surface area contributed by atoms with Gasteiger partial charge < -0.3 is 24.9 Å². The summed E-state index contributed by atoms with van der Waals surface area (Å²) in [4.78, 5) is 49.8. The van der Waals surface area contributed by atoms with Crippen LogP contribution in [0, 0.1) is 0 Å². The second-order valence-corrected chi connectivity index (χ2v) is 8.20. The lowest BCUT2D eigenvalue weighted by Gasteiger charge is -2.32. The zero-order chi connectivity index (χ0) is 23.7. The average Bonchev–Trinajstić information content (AvgIpc) is 3.46. The molecule has 34 heavy (non-hydrogen) atoms. The highest BCUT2D eigenvalue weighted by molar-refractivity contribution is 6.03. The Kier molecular flexibility index (Phi) is 5.62. The van der Waals surface area contributed by atoms with E-state index < -0.39 is 5.91 Å². The molecule has 0 bridgehead atoms. The summed E-state index contributed by atoms with van der Waals surface area (Å²) in [6.07, 6.45) is 7.44. The lowest BCUT2D eigenvalue weighted by Crippen LogP contribution is -2.41. The maximum atomic E-state index is 12.8. The molecule has 10 nitrogen and oxygen atoms in total. The van der Waals surface area contributed by atoms with Gasteiger partial charge in [-0.15, -0.1) is 0 Å². The number of aromatic nitrogens is 4. The van der Waals surface area contributed by atoms with Crippen LogP contribution in [-0.4, -0.2) is 56.4 Å². The molecule has 4 aromatic rings. The van der Waals surface area contributed by atoms with Crippen LogP contribution in [0.15, 0.2) is 59.7 Å². The SMILES string of the molecule is COc1cccc(NC(=O)/C=C\C(=O)N2CCC[C@@H](n3c(=O)[nH]c4cnc5[nH]ccc5c43)C2)c1. The van der Waals surface area contributed by atoms with Crippen LogP contribution in [0.2, 0.25) is 0 Å². The number of anilines is 1. The Morgan fingerprint density at radius 3 is 3.00 bits per heavy atom. The Hall–Kier alpha value is -4.34. The molecule has 1 aliphatic heterocycles. The van der Waals surface area contributed by atoms with Crippen LogP contribution >= 0.6 is 0 Å². The number of methoxy groups -OCH3 is 1. The Morgan fingerprint density at radius 2 is 2.15 bits per heavy atom. The highest BCUT2D eigenvalue weighted by Gasteiger charge is 2.27. The summed E-state index contributed by atoms with van der Waals surface area (Å²) in [6, 6.07) is 8.68. The minimum absolute atomic E-state index is 0.182. The molecule has 0 unspecified atom stereocenters. The summed E-state index contributed by atoms with van der Waals surface area (Å²) in [7, 11) is 1.55. The van der Waals surface area contributed by atoms with Crippen LogP contribution in [-0.2, 0) is 9.59 Å². The second-order valence-electron chi connectivity index (χ2n) is 8.20. The van der Waals surface area contributed by atoms with Crippen molar-refractivity contribution < 1.29 is 14.3 Å². The van der Waals surface area contributed by atoms with Crippen LogP contribution < -0.4 is 15.7 Å². The third kappa shape index (κ3) is 4.05. The minimum atomic E-state index is -0.412. The maximum absolute atomic E-state index is 12.8. The van der Waals surface area contributed by atoms with Crippen molar-refractivity contribution >= 4 is 39.6 Å². The van der Waals surface area contributed by atoms with Gasteiger partial charge in [-0.2, -0.15) is 0 Å². The van der Waals surface area contributed by atoms with Gasteiger partial charge in [-0.25, -0.2) is 9.78 Å². The highest BCUT2D eigenvalue weighted by atomic mass is 16.5. The number of pyridine rings is 1. The normalized spacial score (nSPS) is 16.4. The molecule has 174 valence electrons. The molecule has 5 rings (SSSR count). The van der Waals surface area contributed by atoms with Crippen molar-refractivity contribution in [3.63, 3.8) is 0 Å². The molecule has 3 aromatic heterocycles.